The lowest BCUT2D eigenvalue weighted by atomic mass is 9.87. The van der Waals surface area contributed by atoms with Gasteiger partial charge in [0, 0.05) is 19.6 Å². The molecule has 0 atom stereocenters. The lowest BCUT2D eigenvalue weighted by molar-refractivity contribution is 0.309. The van der Waals surface area contributed by atoms with Crippen LogP contribution in [0.1, 0.15) is 46.5 Å². The molecule has 0 aliphatic heterocycles. The van der Waals surface area contributed by atoms with E-state index in [9.17, 15) is 0 Å². The maximum absolute atomic E-state index is 5.46. The molecule has 1 N–H and O–H groups in total. The topological polar surface area (TPSA) is 63.2 Å². The van der Waals surface area contributed by atoms with Gasteiger partial charge in [-0.3, -0.25) is 0 Å². The zero-order chi connectivity index (χ0) is 15.2. The number of nitrogens with zero attached hydrogens (tertiary/aromatic N) is 4. The van der Waals surface area contributed by atoms with Gasteiger partial charge in [0.05, 0.1) is 6.61 Å². The number of hydrogen-bond donors (Lipinski definition) is 1. The van der Waals surface area contributed by atoms with Gasteiger partial charge in [0.1, 0.15) is 0 Å². The SMILES string of the molecule is CCNc1nc(OCC)nc(N(C)C2CCC(C)CC2)n1. The van der Waals surface area contributed by atoms with Gasteiger partial charge in [-0.15, -0.1) is 0 Å². The average Bonchev–Trinajstić information content (AvgIpc) is 2.48. The lowest BCUT2D eigenvalue weighted by Crippen LogP contribution is -2.36. The molecule has 0 aromatic carbocycles. The largest absolute Gasteiger partial charge is 0.464 e. The lowest BCUT2D eigenvalue weighted by Gasteiger charge is -2.33. The molecule has 6 nitrogen and oxygen atoms in total. The molecular weight excluding hydrogens is 266 g/mol. The highest BCUT2D eigenvalue weighted by Crippen LogP contribution is 2.28. The molecule has 0 bridgehead atoms. The Balaban J connectivity index is 2.16. The number of anilines is 2. The quantitative estimate of drug-likeness (QED) is 0.870. The zero-order valence-electron chi connectivity index (χ0n) is 13.6. The summed E-state index contributed by atoms with van der Waals surface area (Å²) in [6.07, 6.45) is 4.95. The highest BCUT2D eigenvalue weighted by Gasteiger charge is 2.24. The van der Waals surface area contributed by atoms with Crippen LogP contribution in [0.3, 0.4) is 0 Å². The summed E-state index contributed by atoms with van der Waals surface area (Å²) >= 11 is 0. The molecule has 1 aromatic heterocycles. The van der Waals surface area contributed by atoms with Crippen LogP contribution in [0.4, 0.5) is 11.9 Å². The second kappa shape index (κ2) is 7.43. The molecule has 0 radical (unpaired) electrons. The van der Waals surface area contributed by atoms with Crippen LogP contribution in [0, 0.1) is 5.92 Å². The Morgan fingerprint density at radius 3 is 2.48 bits per heavy atom. The molecule has 6 heteroatoms. The fourth-order valence-corrected chi connectivity index (χ4v) is 2.73. The molecule has 0 amide bonds. The van der Waals surface area contributed by atoms with Gasteiger partial charge in [-0.05, 0) is 45.4 Å². The Morgan fingerprint density at radius 1 is 1.14 bits per heavy atom. The van der Waals surface area contributed by atoms with Gasteiger partial charge in [0.25, 0.3) is 0 Å². The van der Waals surface area contributed by atoms with E-state index in [2.05, 4.69) is 39.1 Å². The van der Waals surface area contributed by atoms with Crippen LogP contribution in [0.2, 0.25) is 0 Å². The minimum atomic E-state index is 0.398. The van der Waals surface area contributed by atoms with Crippen molar-refractivity contribution in [1.82, 2.24) is 15.0 Å². The summed E-state index contributed by atoms with van der Waals surface area (Å²) in [5.74, 6) is 2.12. The molecule has 1 aliphatic carbocycles. The van der Waals surface area contributed by atoms with E-state index in [4.69, 9.17) is 4.74 Å². The Morgan fingerprint density at radius 2 is 1.86 bits per heavy atom. The van der Waals surface area contributed by atoms with Crippen molar-refractivity contribution in [3.8, 4) is 6.01 Å². The van der Waals surface area contributed by atoms with Gasteiger partial charge in [0.15, 0.2) is 0 Å². The summed E-state index contributed by atoms with van der Waals surface area (Å²) in [7, 11) is 2.07. The van der Waals surface area contributed by atoms with Gasteiger partial charge in [-0.2, -0.15) is 15.0 Å². The number of nitrogens with one attached hydrogen (secondary N) is 1. The zero-order valence-corrected chi connectivity index (χ0v) is 13.6. The molecule has 21 heavy (non-hydrogen) atoms. The summed E-state index contributed by atoms with van der Waals surface area (Å²) in [5.41, 5.74) is 0. The Labute approximate surface area is 127 Å². The minimum absolute atomic E-state index is 0.398. The maximum Gasteiger partial charge on any atom is 0.323 e. The second-order valence-electron chi connectivity index (χ2n) is 5.73. The predicted octanol–water partition coefficient (Wildman–Crippen LogP) is 2.72. The van der Waals surface area contributed by atoms with Crippen LogP contribution in [-0.4, -0.2) is 41.2 Å². The molecule has 1 aliphatic rings. The molecule has 1 aromatic rings. The van der Waals surface area contributed by atoms with E-state index in [1.807, 2.05) is 13.8 Å². The van der Waals surface area contributed by atoms with E-state index < -0.39 is 0 Å². The average molecular weight is 293 g/mol. The number of ether oxygens (including phenoxy) is 1. The first-order valence-electron chi connectivity index (χ1n) is 7.99. The van der Waals surface area contributed by atoms with Crippen molar-refractivity contribution in [2.45, 2.75) is 52.5 Å². The van der Waals surface area contributed by atoms with Crippen molar-refractivity contribution in [3.63, 3.8) is 0 Å². The Kier molecular flexibility index (Phi) is 5.59. The van der Waals surface area contributed by atoms with E-state index in [-0.39, 0.29) is 0 Å². The molecule has 1 saturated carbocycles. The molecule has 0 unspecified atom stereocenters. The first kappa shape index (κ1) is 15.8. The predicted molar refractivity (Wildman–Crippen MR) is 85.0 cm³/mol. The summed E-state index contributed by atoms with van der Waals surface area (Å²) in [4.78, 5) is 15.4. The van der Waals surface area contributed by atoms with E-state index in [1.165, 1.54) is 25.7 Å². The van der Waals surface area contributed by atoms with Crippen LogP contribution in [-0.2, 0) is 0 Å². The van der Waals surface area contributed by atoms with Crippen LogP contribution in [0.5, 0.6) is 6.01 Å². The fraction of sp³-hybridized carbons (Fsp3) is 0.800. The third-order valence-corrected chi connectivity index (χ3v) is 4.06. The molecule has 1 heterocycles. The fourth-order valence-electron chi connectivity index (χ4n) is 2.73. The first-order chi connectivity index (χ1) is 10.1. The van der Waals surface area contributed by atoms with Crippen molar-refractivity contribution in [1.29, 1.82) is 0 Å². The van der Waals surface area contributed by atoms with Crippen LogP contribution >= 0.6 is 0 Å². The summed E-state index contributed by atoms with van der Waals surface area (Å²) in [6, 6.07) is 0.905. The van der Waals surface area contributed by atoms with Crippen LogP contribution in [0.15, 0.2) is 0 Å². The summed E-state index contributed by atoms with van der Waals surface area (Å²) in [5, 5.41) is 3.14. The molecule has 118 valence electrons. The minimum Gasteiger partial charge on any atom is -0.464 e. The monoisotopic (exact) mass is 293 g/mol. The normalized spacial score (nSPS) is 21.9. The molecule has 0 saturated heterocycles. The van der Waals surface area contributed by atoms with Gasteiger partial charge in [-0.1, -0.05) is 6.92 Å². The van der Waals surface area contributed by atoms with Crippen molar-refractivity contribution < 1.29 is 4.74 Å². The first-order valence-corrected chi connectivity index (χ1v) is 7.99. The third-order valence-electron chi connectivity index (χ3n) is 4.06. The van der Waals surface area contributed by atoms with E-state index >= 15 is 0 Å². The third kappa shape index (κ3) is 4.19. The van der Waals surface area contributed by atoms with E-state index in [1.54, 1.807) is 0 Å². The van der Waals surface area contributed by atoms with Crippen molar-refractivity contribution >= 4 is 11.9 Å². The van der Waals surface area contributed by atoms with Gasteiger partial charge in [-0.25, -0.2) is 0 Å². The standard InChI is InChI=1S/C15H27N5O/c1-5-16-13-17-14(19-15(18-13)21-6-2)20(4)12-9-7-11(3)8-10-12/h11-12H,5-10H2,1-4H3,(H,16,17,18,19). The van der Waals surface area contributed by atoms with Crippen LogP contribution in [0.25, 0.3) is 0 Å². The van der Waals surface area contributed by atoms with Gasteiger partial charge < -0.3 is 15.0 Å². The molecule has 2 rings (SSSR count). The number of aromatic nitrogens is 3. The van der Waals surface area contributed by atoms with E-state index in [0.29, 0.717) is 30.6 Å². The maximum atomic E-state index is 5.46. The molecule has 0 spiro atoms. The van der Waals surface area contributed by atoms with Gasteiger partial charge >= 0.3 is 6.01 Å². The van der Waals surface area contributed by atoms with E-state index in [0.717, 1.165) is 12.5 Å². The molecular formula is C15H27N5O. The summed E-state index contributed by atoms with van der Waals surface area (Å²) < 4.78 is 5.46. The number of hydrogen-bond acceptors (Lipinski definition) is 6. The Hall–Kier alpha value is -1.59. The highest BCUT2D eigenvalue weighted by atomic mass is 16.5. The van der Waals surface area contributed by atoms with Gasteiger partial charge in [0.2, 0.25) is 11.9 Å². The van der Waals surface area contributed by atoms with Crippen LogP contribution < -0.4 is 15.0 Å². The Bertz CT molecular complexity index is 421. The van der Waals surface area contributed by atoms with Crippen molar-refractivity contribution in [3.05, 3.63) is 0 Å². The number of rotatable bonds is 6. The smallest absolute Gasteiger partial charge is 0.323 e. The molecule has 1 fully saturated rings. The highest BCUT2D eigenvalue weighted by molar-refractivity contribution is 5.38. The van der Waals surface area contributed by atoms with Crippen molar-refractivity contribution in [2.75, 3.05) is 30.4 Å². The summed E-state index contributed by atoms with van der Waals surface area (Å²) in [6.45, 7) is 7.62. The second-order valence-corrected chi connectivity index (χ2v) is 5.73. The van der Waals surface area contributed by atoms with Crippen molar-refractivity contribution in [2.24, 2.45) is 5.92 Å².